The van der Waals surface area contributed by atoms with E-state index >= 15 is 0 Å². The second-order valence-corrected chi connectivity index (χ2v) is 8.59. The van der Waals surface area contributed by atoms with Gasteiger partial charge in [-0.1, -0.05) is 19.1 Å². The summed E-state index contributed by atoms with van der Waals surface area (Å²) in [6.45, 7) is 9.09. The van der Waals surface area contributed by atoms with Crippen molar-refractivity contribution in [3.05, 3.63) is 64.7 Å². The van der Waals surface area contributed by atoms with Crippen LogP contribution in [-0.4, -0.2) is 59.2 Å². The summed E-state index contributed by atoms with van der Waals surface area (Å²) < 4.78 is 5.80. The summed E-state index contributed by atoms with van der Waals surface area (Å²) in [5, 5.41) is 3.53. The van der Waals surface area contributed by atoms with Gasteiger partial charge in [0.2, 0.25) is 5.91 Å². The minimum atomic E-state index is -0.166. The molecule has 0 radical (unpaired) electrons. The number of nitrogens with zero attached hydrogens (tertiary/aromatic N) is 3. The van der Waals surface area contributed by atoms with E-state index in [4.69, 9.17) is 4.74 Å². The predicted molar refractivity (Wildman–Crippen MR) is 131 cm³/mol. The summed E-state index contributed by atoms with van der Waals surface area (Å²) in [6, 6.07) is 15.2. The van der Waals surface area contributed by atoms with Gasteiger partial charge in [-0.15, -0.1) is 0 Å². The highest BCUT2D eigenvalue weighted by Crippen LogP contribution is 2.22. The molecule has 2 unspecified atom stereocenters. The van der Waals surface area contributed by atoms with Crippen molar-refractivity contribution in [2.45, 2.75) is 39.5 Å². The molecule has 2 N–H and O–H groups in total. The molecule has 1 aromatic heterocycles. The standard InChI is InChI=1S/C25H31N5O3/c1-4-29(15-23-27-22-8-6-5-7-21(22)25(32)28-23)16-24(31)26-19-9-11-20(12-10-19)30-13-17(2)33-18(3)14-30/h5-12,17-18H,4,13-16H2,1-3H3,(H,26,31)(H,27,28,32). The van der Waals surface area contributed by atoms with Crippen molar-refractivity contribution in [2.24, 2.45) is 0 Å². The zero-order valence-electron chi connectivity index (χ0n) is 19.4. The SMILES string of the molecule is CCN(CC(=O)Nc1ccc(N2CC(C)OC(C)C2)cc1)Cc1nc2ccccc2c(=O)[nH]1. The van der Waals surface area contributed by atoms with Crippen molar-refractivity contribution in [1.82, 2.24) is 14.9 Å². The third-order valence-electron chi connectivity index (χ3n) is 5.79. The topological polar surface area (TPSA) is 90.6 Å². The molecule has 4 rings (SSSR count). The van der Waals surface area contributed by atoms with Crippen molar-refractivity contribution in [2.75, 3.05) is 36.4 Å². The van der Waals surface area contributed by atoms with E-state index in [-0.39, 0.29) is 30.2 Å². The molecule has 0 aliphatic carbocycles. The van der Waals surface area contributed by atoms with Crippen LogP contribution < -0.4 is 15.8 Å². The molecule has 1 fully saturated rings. The highest BCUT2D eigenvalue weighted by Gasteiger charge is 2.22. The Morgan fingerprint density at radius 2 is 1.85 bits per heavy atom. The molecule has 0 bridgehead atoms. The number of H-pyrrole nitrogens is 1. The number of rotatable bonds is 7. The zero-order chi connectivity index (χ0) is 23.4. The van der Waals surface area contributed by atoms with Crippen LogP contribution in [0.25, 0.3) is 10.9 Å². The van der Waals surface area contributed by atoms with E-state index in [0.29, 0.717) is 29.8 Å². The van der Waals surface area contributed by atoms with Gasteiger partial charge in [-0.05, 0) is 56.8 Å². The summed E-state index contributed by atoms with van der Waals surface area (Å²) in [4.78, 5) is 36.6. The average Bonchev–Trinajstić information content (AvgIpc) is 2.78. The molecule has 3 aromatic rings. The fraction of sp³-hybridized carbons (Fsp3) is 0.400. The number of hydrogen-bond acceptors (Lipinski definition) is 6. The number of aromatic amines is 1. The van der Waals surface area contributed by atoms with Gasteiger partial charge in [-0.25, -0.2) is 4.98 Å². The number of amides is 1. The van der Waals surface area contributed by atoms with Gasteiger partial charge in [0.1, 0.15) is 5.82 Å². The lowest BCUT2D eigenvalue weighted by atomic mass is 10.2. The molecule has 1 amide bonds. The first-order valence-corrected chi connectivity index (χ1v) is 11.4. The molecule has 33 heavy (non-hydrogen) atoms. The highest BCUT2D eigenvalue weighted by atomic mass is 16.5. The van der Waals surface area contributed by atoms with Gasteiger partial charge in [0.05, 0.1) is 36.2 Å². The lowest BCUT2D eigenvalue weighted by Gasteiger charge is -2.36. The van der Waals surface area contributed by atoms with Crippen LogP contribution in [0, 0.1) is 0 Å². The molecule has 8 nitrogen and oxygen atoms in total. The largest absolute Gasteiger partial charge is 0.372 e. The molecule has 1 saturated heterocycles. The third kappa shape index (κ3) is 5.77. The van der Waals surface area contributed by atoms with Gasteiger partial charge in [-0.2, -0.15) is 0 Å². The molecular weight excluding hydrogens is 418 g/mol. The smallest absolute Gasteiger partial charge is 0.258 e. The first-order valence-electron chi connectivity index (χ1n) is 11.4. The van der Waals surface area contributed by atoms with Crippen molar-refractivity contribution in [3.63, 3.8) is 0 Å². The van der Waals surface area contributed by atoms with Crippen LogP contribution in [0.2, 0.25) is 0 Å². The van der Waals surface area contributed by atoms with Crippen LogP contribution in [0.1, 0.15) is 26.6 Å². The molecule has 2 heterocycles. The number of hydrogen-bond donors (Lipinski definition) is 2. The van der Waals surface area contributed by atoms with Crippen LogP contribution in [0.5, 0.6) is 0 Å². The van der Waals surface area contributed by atoms with Crippen LogP contribution in [-0.2, 0) is 16.1 Å². The maximum Gasteiger partial charge on any atom is 0.258 e. The van der Waals surface area contributed by atoms with E-state index in [2.05, 4.69) is 34.0 Å². The highest BCUT2D eigenvalue weighted by molar-refractivity contribution is 5.92. The summed E-state index contributed by atoms with van der Waals surface area (Å²) in [6.07, 6.45) is 0.389. The maximum absolute atomic E-state index is 12.7. The molecule has 8 heteroatoms. The molecule has 0 saturated carbocycles. The van der Waals surface area contributed by atoms with E-state index < -0.39 is 0 Å². The number of para-hydroxylation sites is 1. The van der Waals surface area contributed by atoms with Gasteiger partial charge in [0, 0.05) is 24.5 Å². The Hall–Kier alpha value is -3.23. The van der Waals surface area contributed by atoms with Crippen molar-refractivity contribution >= 4 is 28.2 Å². The summed E-state index contributed by atoms with van der Waals surface area (Å²) in [5.74, 6) is 0.438. The van der Waals surface area contributed by atoms with Crippen molar-refractivity contribution in [3.8, 4) is 0 Å². The molecule has 1 aliphatic rings. The Labute approximate surface area is 193 Å². The minimum absolute atomic E-state index is 0.110. The van der Waals surface area contributed by atoms with Crippen molar-refractivity contribution < 1.29 is 9.53 Å². The number of likely N-dealkylation sites (N-methyl/N-ethyl adjacent to an activating group) is 1. The Morgan fingerprint density at radius 1 is 1.15 bits per heavy atom. The molecule has 2 atom stereocenters. The Balaban J connectivity index is 1.36. The number of nitrogens with one attached hydrogen (secondary N) is 2. The number of aromatic nitrogens is 2. The van der Waals surface area contributed by atoms with Crippen LogP contribution in [0.15, 0.2) is 53.3 Å². The van der Waals surface area contributed by atoms with Gasteiger partial charge in [0.15, 0.2) is 0 Å². The predicted octanol–water partition coefficient (Wildman–Crippen LogP) is 3.00. The summed E-state index contributed by atoms with van der Waals surface area (Å²) in [7, 11) is 0. The number of ether oxygens (including phenoxy) is 1. The second kappa shape index (κ2) is 10.1. The van der Waals surface area contributed by atoms with E-state index in [0.717, 1.165) is 24.5 Å². The molecule has 0 spiro atoms. The van der Waals surface area contributed by atoms with Crippen molar-refractivity contribution in [1.29, 1.82) is 0 Å². The van der Waals surface area contributed by atoms with E-state index in [9.17, 15) is 9.59 Å². The van der Waals surface area contributed by atoms with E-state index in [1.807, 2.05) is 54.3 Å². The molecule has 174 valence electrons. The lowest BCUT2D eigenvalue weighted by molar-refractivity contribution is -0.117. The second-order valence-electron chi connectivity index (χ2n) is 8.59. The fourth-order valence-electron chi connectivity index (χ4n) is 4.25. The number of morpholine rings is 1. The first kappa shape index (κ1) is 22.9. The van der Waals surface area contributed by atoms with Gasteiger partial charge < -0.3 is 19.9 Å². The van der Waals surface area contributed by atoms with E-state index in [1.54, 1.807) is 6.07 Å². The third-order valence-corrected chi connectivity index (χ3v) is 5.79. The monoisotopic (exact) mass is 449 g/mol. The first-order chi connectivity index (χ1) is 15.9. The van der Waals surface area contributed by atoms with Crippen LogP contribution in [0.4, 0.5) is 11.4 Å². The quantitative estimate of drug-likeness (QED) is 0.576. The Morgan fingerprint density at radius 3 is 2.55 bits per heavy atom. The number of fused-ring (bicyclic) bond motifs is 1. The molecule has 2 aromatic carbocycles. The minimum Gasteiger partial charge on any atom is -0.372 e. The van der Waals surface area contributed by atoms with Crippen LogP contribution in [0.3, 0.4) is 0 Å². The number of anilines is 2. The normalized spacial score (nSPS) is 18.6. The van der Waals surface area contributed by atoms with Gasteiger partial charge in [-0.3, -0.25) is 14.5 Å². The summed E-state index contributed by atoms with van der Waals surface area (Å²) in [5.41, 5.74) is 2.36. The Kier molecular flexibility index (Phi) is 7.05. The fourth-order valence-corrected chi connectivity index (χ4v) is 4.25. The maximum atomic E-state index is 12.7. The lowest BCUT2D eigenvalue weighted by Crippen LogP contribution is -2.45. The molecular formula is C25H31N5O3. The summed E-state index contributed by atoms with van der Waals surface area (Å²) >= 11 is 0. The number of carbonyl (C=O) groups is 1. The Bertz CT molecular complexity index is 1150. The number of carbonyl (C=O) groups excluding carboxylic acids is 1. The van der Waals surface area contributed by atoms with Crippen LogP contribution >= 0.6 is 0 Å². The number of benzene rings is 2. The zero-order valence-corrected chi connectivity index (χ0v) is 19.4. The van der Waals surface area contributed by atoms with Gasteiger partial charge in [0.25, 0.3) is 5.56 Å². The van der Waals surface area contributed by atoms with Gasteiger partial charge >= 0.3 is 0 Å². The average molecular weight is 450 g/mol. The van der Waals surface area contributed by atoms with E-state index in [1.165, 1.54) is 0 Å². The molecule has 1 aliphatic heterocycles.